The van der Waals surface area contributed by atoms with E-state index in [2.05, 4.69) is 0 Å². The molecular formula is C14H28O7. The topological polar surface area (TPSA) is 131 Å². The van der Waals surface area contributed by atoms with Crippen LogP contribution in [0.4, 0.5) is 0 Å². The minimum Gasteiger partial charge on any atom is -0.394 e. The number of hydrogen-bond acceptors (Lipinski definition) is 7. The van der Waals surface area contributed by atoms with Gasteiger partial charge < -0.3 is 35.4 Å². The maximum Gasteiger partial charge on any atom is 0.111 e. The van der Waals surface area contributed by atoms with Crippen LogP contribution in [0.3, 0.4) is 0 Å². The van der Waals surface area contributed by atoms with Gasteiger partial charge >= 0.3 is 0 Å². The molecule has 0 amide bonds. The molecule has 21 heavy (non-hydrogen) atoms. The summed E-state index contributed by atoms with van der Waals surface area (Å²) in [6.45, 7) is 3.11. The van der Waals surface area contributed by atoms with Gasteiger partial charge in [-0.2, -0.15) is 0 Å². The molecule has 0 bridgehead atoms. The van der Waals surface area contributed by atoms with Crippen LogP contribution in [0.15, 0.2) is 0 Å². The Labute approximate surface area is 124 Å². The second-order valence-electron chi connectivity index (χ2n) is 5.89. The van der Waals surface area contributed by atoms with E-state index < -0.39 is 49.3 Å². The molecule has 0 saturated carbocycles. The second-order valence-corrected chi connectivity index (χ2v) is 5.89. The summed E-state index contributed by atoms with van der Waals surface area (Å²) in [7, 11) is 0. The van der Waals surface area contributed by atoms with Crippen LogP contribution in [0.5, 0.6) is 0 Å². The molecule has 2 unspecified atom stereocenters. The summed E-state index contributed by atoms with van der Waals surface area (Å²) in [5.41, 5.74) is 0. The van der Waals surface area contributed by atoms with Crippen molar-refractivity contribution < 1.29 is 35.4 Å². The molecule has 1 aliphatic rings. The molecule has 126 valence electrons. The second kappa shape index (κ2) is 8.38. The Kier molecular flexibility index (Phi) is 7.49. The van der Waals surface area contributed by atoms with E-state index in [-0.39, 0.29) is 5.92 Å². The summed E-state index contributed by atoms with van der Waals surface area (Å²) in [5.74, 6) is -0.202. The molecule has 1 aliphatic heterocycles. The van der Waals surface area contributed by atoms with Crippen molar-refractivity contribution in [2.75, 3.05) is 6.61 Å². The summed E-state index contributed by atoms with van der Waals surface area (Å²) in [6, 6.07) is 0. The number of hydrogen-bond donors (Lipinski definition) is 6. The van der Waals surface area contributed by atoms with Crippen molar-refractivity contribution >= 4 is 0 Å². The van der Waals surface area contributed by atoms with Crippen molar-refractivity contribution in [3.63, 3.8) is 0 Å². The number of aliphatic hydroxyl groups excluding tert-OH is 6. The van der Waals surface area contributed by atoms with Crippen LogP contribution in [0.1, 0.15) is 33.1 Å². The predicted molar refractivity (Wildman–Crippen MR) is 74.5 cm³/mol. The molecule has 7 heteroatoms. The predicted octanol–water partition coefficient (Wildman–Crippen LogP) is -1.62. The molecular weight excluding hydrogens is 280 g/mol. The molecule has 0 radical (unpaired) electrons. The van der Waals surface area contributed by atoms with Crippen LogP contribution in [0.2, 0.25) is 0 Å². The minimum absolute atomic E-state index is 0.202. The third-order valence-electron chi connectivity index (χ3n) is 4.29. The smallest absolute Gasteiger partial charge is 0.111 e. The van der Waals surface area contributed by atoms with Crippen LogP contribution < -0.4 is 0 Å². The van der Waals surface area contributed by atoms with Crippen molar-refractivity contribution in [1.29, 1.82) is 0 Å². The standard InChI is InChI=1S/C14H28O7/c1-3-8(16)11(17)7(2)4-5-9-12(18)14(20)13(19)10(6-15)21-9/h7-20H,3-6H2,1-2H3/t7-,8+,9+,10?,11-,12+,13-,14?/m0/s1. The summed E-state index contributed by atoms with van der Waals surface area (Å²) in [6.07, 6.45) is -6.00. The van der Waals surface area contributed by atoms with Crippen molar-refractivity contribution in [2.24, 2.45) is 5.92 Å². The van der Waals surface area contributed by atoms with Gasteiger partial charge in [0.15, 0.2) is 0 Å². The van der Waals surface area contributed by atoms with Gasteiger partial charge in [0.2, 0.25) is 0 Å². The highest BCUT2D eigenvalue weighted by Gasteiger charge is 2.43. The van der Waals surface area contributed by atoms with Crippen LogP contribution in [0, 0.1) is 5.92 Å². The van der Waals surface area contributed by atoms with Gasteiger partial charge in [0.25, 0.3) is 0 Å². The first-order valence-corrected chi connectivity index (χ1v) is 7.50. The maximum absolute atomic E-state index is 9.90. The lowest BCUT2D eigenvalue weighted by molar-refractivity contribution is -0.231. The van der Waals surface area contributed by atoms with Crippen molar-refractivity contribution in [2.45, 2.75) is 75.8 Å². The first-order chi connectivity index (χ1) is 9.83. The summed E-state index contributed by atoms with van der Waals surface area (Å²) < 4.78 is 5.39. The highest BCUT2D eigenvalue weighted by Crippen LogP contribution is 2.26. The number of aliphatic hydroxyl groups is 6. The molecule has 1 saturated heterocycles. The lowest BCUT2D eigenvalue weighted by atomic mass is 9.88. The fraction of sp³-hybridized carbons (Fsp3) is 1.00. The highest BCUT2D eigenvalue weighted by molar-refractivity contribution is 4.92. The van der Waals surface area contributed by atoms with Gasteiger partial charge in [0.05, 0.1) is 24.9 Å². The zero-order valence-electron chi connectivity index (χ0n) is 12.5. The van der Waals surface area contributed by atoms with E-state index in [0.29, 0.717) is 19.3 Å². The Morgan fingerprint density at radius 1 is 1.00 bits per heavy atom. The molecule has 0 spiro atoms. The molecule has 0 aliphatic carbocycles. The van der Waals surface area contributed by atoms with Gasteiger partial charge in [-0.15, -0.1) is 0 Å². The van der Waals surface area contributed by atoms with Crippen molar-refractivity contribution in [3.05, 3.63) is 0 Å². The largest absolute Gasteiger partial charge is 0.394 e. The Morgan fingerprint density at radius 2 is 1.57 bits per heavy atom. The zero-order chi connectivity index (χ0) is 16.2. The molecule has 0 aromatic carbocycles. The Bertz CT molecular complexity index is 299. The molecule has 1 heterocycles. The normalized spacial score (nSPS) is 38.0. The molecule has 1 rings (SSSR count). The van der Waals surface area contributed by atoms with Gasteiger partial charge in [0, 0.05) is 0 Å². The van der Waals surface area contributed by atoms with Gasteiger partial charge in [-0.25, -0.2) is 0 Å². The van der Waals surface area contributed by atoms with Gasteiger partial charge in [-0.3, -0.25) is 0 Å². The third kappa shape index (κ3) is 4.59. The minimum atomic E-state index is -1.37. The van der Waals surface area contributed by atoms with Crippen molar-refractivity contribution in [3.8, 4) is 0 Å². The van der Waals surface area contributed by atoms with E-state index in [9.17, 15) is 25.5 Å². The SMILES string of the molecule is CC[C@@H](O)[C@@H](O)[C@@H](C)CC[C@H]1OC(CO)[C@H](O)C(O)[C@@H]1O. The van der Waals surface area contributed by atoms with Crippen LogP contribution >= 0.6 is 0 Å². The lowest BCUT2D eigenvalue weighted by Crippen LogP contribution is -2.58. The monoisotopic (exact) mass is 308 g/mol. The highest BCUT2D eigenvalue weighted by atomic mass is 16.5. The molecule has 8 atom stereocenters. The average Bonchev–Trinajstić information content (AvgIpc) is 2.50. The quantitative estimate of drug-likeness (QED) is 0.333. The van der Waals surface area contributed by atoms with Crippen molar-refractivity contribution in [1.82, 2.24) is 0 Å². The fourth-order valence-corrected chi connectivity index (χ4v) is 2.64. The third-order valence-corrected chi connectivity index (χ3v) is 4.29. The Hall–Kier alpha value is -0.280. The molecule has 7 nitrogen and oxygen atoms in total. The van der Waals surface area contributed by atoms with Gasteiger partial charge in [0.1, 0.15) is 24.4 Å². The van der Waals surface area contributed by atoms with Crippen LogP contribution in [0.25, 0.3) is 0 Å². The van der Waals surface area contributed by atoms with E-state index >= 15 is 0 Å². The van der Waals surface area contributed by atoms with E-state index in [1.807, 2.05) is 0 Å². The van der Waals surface area contributed by atoms with E-state index in [0.717, 1.165) is 0 Å². The van der Waals surface area contributed by atoms with Crippen LogP contribution in [-0.2, 0) is 4.74 Å². The average molecular weight is 308 g/mol. The van der Waals surface area contributed by atoms with Gasteiger partial charge in [-0.1, -0.05) is 13.8 Å². The number of rotatable bonds is 7. The number of ether oxygens (including phenoxy) is 1. The first-order valence-electron chi connectivity index (χ1n) is 7.50. The first kappa shape index (κ1) is 18.8. The van der Waals surface area contributed by atoms with E-state index in [4.69, 9.17) is 9.84 Å². The summed E-state index contributed by atoms with van der Waals surface area (Å²) >= 11 is 0. The lowest BCUT2D eigenvalue weighted by Gasteiger charge is -2.40. The van der Waals surface area contributed by atoms with E-state index in [1.54, 1.807) is 13.8 Å². The Balaban J connectivity index is 2.53. The summed E-state index contributed by atoms with van der Waals surface area (Å²) in [4.78, 5) is 0. The van der Waals surface area contributed by atoms with Crippen LogP contribution in [-0.4, -0.2) is 80.0 Å². The zero-order valence-corrected chi connectivity index (χ0v) is 12.5. The Morgan fingerprint density at radius 3 is 2.10 bits per heavy atom. The molecule has 0 aromatic heterocycles. The summed E-state index contributed by atoms with van der Waals surface area (Å²) in [5, 5.41) is 57.9. The fourth-order valence-electron chi connectivity index (χ4n) is 2.64. The van der Waals surface area contributed by atoms with E-state index in [1.165, 1.54) is 0 Å². The maximum atomic E-state index is 9.90. The molecule has 0 aromatic rings. The molecule has 6 N–H and O–H groups in total. The molecule has 1 fully saturated rings. The van der Waals surface area contributed by atoms with Gasteiger partial charge in [-0.05, 0) is 25.2 Å².